The molecule has 0 aliphatic carbocycles. The molecule has 2 aromatic rings. The third-order valence-electron chi connectivity index (χ3n) is 5.69. The summed E-state index contributed by atoms with van der Waals surface area (Å²) in [5, 5.41) is 8.89. The summed E-state index contributed by atoms with van der Waals surface area (Å²) in [5.41, 5.74) is 0.690. The van der Waals surface area contributed by atoms with E-state index in [0.29, 0.717) is 18.7 Å². The van der Waals surface area contributed by atoms with Gasteiger partial charge < -0.3 is 24.3 Å². The highest BCUT2D eigenvalue weighted by molar-refractivity contribution is 5.94. The normalized spacial score (nSPS) is 18.1. The summed E-state index contributed by atoms with van der Waals surface area (Å²) in [6.07, 6.45) is 0. The zero-order chi connectivity index (χ0) is 20.2. The molecule has 3 heterocycles. The predicted octanol–water partition coefficient (Wildman–Crippen LogP) is 1.20. The molecule has 2 aliphatic heterocycles. The zero-order valence-electron chi connectivity index (χ0n) is 17.1. The fraction of sp³-hybridized carbons (Fsp3) is 0.476. The van der Waals surface area contributed by atoms with E-state index in [1.54, 1.807) is 7.11 Å². The second-order valence-corrected chi connectivity index (χ2v) is 7.55. The van der Waals surface area contributed by atoms with Gasteiger partial charge in [-0.25, -0.2) is 0 Å². The molecular formula is C21H28N6O2. The van der Waals surface area contributed by atoms with Gasteiger partial charge in [0, 0.05) is 57.9 Å². The van der Waals surface area contributed by atoms with Crippen LogP contribution >= 0.6 is 0 Å². The minimum absolute atomic E-state index is 0.0591. The number of ether oxygens (including phenoxy) is 1. The third kappa shape index (κ3) is 4.42. The minimum Gasteiger partial charge on any atom is -0.497 e. The number of anilines is 2. The van der Waals surface area contributed by atoms with Crippen LogP contribution in [0, 0.1) is 0 Å². The van der Waals surface area contributed by atoms with Crippen LogP contribution in [0.3, 0.4) is 0 Å². The van der Waals surface area contributed by atoms with Crippen LogP contribution in [-0.4, -0.2) is 92.4 Å². The Kier molecular flexibility index (Phi) is 5.80. The number of aromatic nitrogens is 2. The number of rotatable bonds is 4. The number of methoxy groups -OCH3 is 1. The summed E-state index contributed by atoms with van der Waals surface area (Å²) in [5.74, 6) is 2.63. The van der Waals surface area contributed by atoms with Gasteiger partial charge in [-0.15, -0.1) is 10.2 Å². The molecule has 8 nitrogen and oxygen atoms in total. The first kappa shape index (κ1) is 19.4. The van der Waals surface area contributed by atoms with Gasteiger partial charge in [0.25, 0.3) is 5.91 Å². The van der Waals surface area contributed by atoms with Crippen molar-refractivity contribution in [2.75, 3.05) is 76.3 Å². The number of nitrogens with zero attached hydrogens (tertiary/aromatic N) is 6. The lowest BCUT2D eigenvalue weighted by atomic mass is 10.1. The second kappa shape index (κ2) is 8.65. The molecule has 8 heteroatoms. The molecule has 2 fully saturated rings. The van der Waals surface area contributed by atoms with Gasteiger partial charge in [0.1, 0.15) is 5.75 Å². The average Bonchev–Trinajstić information content (AvgIpc) is 2.79. The molecule has 154 valence electrons. The fourth-order valence-corrected chi connectivity index (χ4v) is 3.75. The Morgan fingerprint density at radius 3 is 1.79 bits per heavy atom. The SMILES string of the molecule is COc1ccc(C(=O)N2CCN(c3ccc(N4CCN(C)CC4)nn3)CC2)cc1. The van der Waals surface area contributed by atoms with Crippen molar-refractivity contribution in [1.82, 2.24) is 20.0 Å². The lowest BCUT2D eigenvalue weighted by Crippen LogP contribution is -2.49. The highest BCUT2D eigenvalue weighted by Crippen LogP contribution is 2.19. The second-order valence-electron chi connectivity index (χ2n) is 7.55. The highest BCUT2D eigenvalue weighted by Gasteiger charge is 2.23. The van der Waals surface area contributed by atoms with E-state index in [2.05, 4.69) is 38.0 Å². The van der Waals surface area contributed by atoms with Crippen LogP contribution in [0.5, 0.6) is 5.75 Å². The number of benzene rings is 1. The van der Waals surface area contributed by atoms with Gasteiger partial charge in [-0.2, -0.15) is 0 Å². The molecule has 0 saturated carbocycles. The molecule has 0 spiro atoms. The Hall–Kier alpha value is -2.87. The van der Waals surface area contributed by atoms with E-state index in [-0.39, 0.29) is 5.91 Å². The van der Waals surface area contributed by atoms with Crippen LogP contribution in [-0.2, 0) is 0 Å². The van der Waals surface area contributed by atoms with Crippen molar-refractivity contribution < 1.29 is 9.53 Å². The monoisotopic (exact) mass is 396 g/mol. The van der Waals surface area contributed by atoms with E-state index in [1.165, 1.54) is 0 Å². The Morgan fingerprint density at radius 2 is 1.31 bits per heavy atom. The van der Waals surface area contributed by atoms with E-state index in [1.807, 2.05) is 35.2 Å². The van der Waals surface area contributed by atoms with Crippen molar-refractivity contribution in [3.8, 4) is 5.75 Å². The number of carbonyl (C=O) groups excluding carboxylic acids is 1. The minimum atomic E-state index is 0.0591. The molecule has 2 saturated heterocycles. The van der Waals surface area contributed by atoms with Gasteiger partial charge in [0.05, 0.1) is 7.11 Å². The lowest BCUT2D eigenvalue weighted by molar-refractivity contribution is 0.0746. The van der Waals surface area contributed by atoms with Crippen molar-refractivity contribution in [3.63, 3.8) is 0 Å². The fourth-order valence-electron chi connectivity index (χ4n) is 3.75. The summed E-state index contributed by atoms with van der Waals surface area (Å²) >= 11 is 0. The summed E-state index contributed by atoms with van der Waals surface area (Å²) < 4.78 is 5.16. The van der Waals surface area contributed by atoms with Gasteiger partial charge in [0.15, 0.2) is 11.6 Å². The molecule has 0 radical (unpaired) electrons. The number of amides is 1. The number of likely N-dealkylation sites (N-methyl/N-ethyl adjacent to an activating group) is 1. The topological polar surface area (TPSA) is 65.0 Å². The van der Waals surface area contributed by atoms with Crippen LogP contribution in [0.1, 0.15) is 10.4 Å². The Morgan fingerprint density at radius 1 is 0.793 bits per heavy atom. The molecule has 1 aromatic heterocycles. The van der Waals surface area contributed by atoms with E-state index in [4.69, 9.17) is 4.74 Å². The third-order valence-corrected chi connectivity index (χ3v) is 5.69. The summed E-state index contributed by atoms with van der Waals surface area (Å²) in [6, 6.07) is 11.4. The highest BCUT2D eigenvalue weighted by atomic mass is 16.5. The molecule has 0 N–H and O–H groups in total. The largest absolute Gasteiger partial charge is 0.497 e. The molecular weight excluding hydrogens is 368 g/mol. The van der Waals surface area contributed by atoms with Crippen molar-refractivity contribution in [1.29, 1.82) is 0 Å². The van der Waals surface area contributed by atoms with Crippen LogP contribution in [0.2, 0.25) is 0 Å². The molecule has 0 atom stereocenters. The molecule has 4 rings (SSSR count). The molecule has 2 aliphatic rings. The maximum Gasteiger partial charge on any atom is 0.253 e. The van der Waals surface area contributed by atoms with E-state index in [0.717, 1.165) is 56.7 Å². The van der Waals surface area contributed by atoms with Crippen LogP contribution in [0.4, 0.5) is 11.6 Å². The molecule has 0 unspecified atom stereocenters. The number of hydrogen-bond acceptors (Lipinski definition) is 7. The first-order valence-electron chi connectivity index (χ1n) is 10.1. The first-order valence-corrected chi connectivity index (χ1v) is 10.1. The van der Waals surface area contributed by atoms with Gasteiger partial charge in [-0.1, -0.05) is 0 Å². The first-order chi connectivity index (χ1) is 14.1. The standard InChI is InChI=1S/C21H28N6O2/c1-24-9-11-25(12-10-24)19-7-8-20(23-22-19)26-13-15-27(16-14-26)21(28)17-3-5-18(29-2)6-4-17/h3-8H,9-16H2,1-2H3. The summed E-state index contributed by atoms with van der Waals surface area (Å²) in [4.78, 5) is 21.4. The Balaban J connectivity index is 1.32. The summed E-state index contributed by atoms with van der Waals surface area (Å²) in [7, 11) is 3.77. The van der Waals surface area contributed by atoms with E-state index < -0.39 is 0 Å². The van der Waals surface area contributed by atoms with Crippen molar-refractivity contribution in [2.45, 2.75) is 0 Å². The van der Waals surface area contributed by atoms with Gasteiger partial charge in [-0.05, 0) is 43.4 Å². The Labute approximate surface area is 171 Å². The average molecular weight is 396 g/mol. The van der Waals surface area contributed by atoms with E-state index >= 15 is 0 Å². The van der Waals surface area contributed by atoms with Gasteiger partial charge in [0.2, 0.25) is 0 Å². The van der Waals surface area contributed by atoms with Gasteiger partial charge >= 0.3 is 0 Å². The smallest absolute Gasteiger partial charge is 0.253 e. The lowest BCUT2D eigenvalue weighted by Gasteiger charge is -2.36. The number of hydrogen-bond donors (Lipinski definition) is 0. The van der Waals surface area contributed by atoms with Crippen molar-refractivity contribution in [3.05, 3.63) is 42.0 Å². The zero-order valence-corrected chi connectivity index (χ0v) is 17.1. The number of piperazine rings is 2. The maximum absolute atomic E-state index is 12.7. The van der Waals surface area contributed by atoms with Crippen molar-refractivity contribution in [2.24, 2.45) is 0 Å². The van der Waals surface area contributed by atoms with Crippen LogP contribution in [0.15, 0.2) is 36.4 Å². The summed E-state index contributed by atoms with van der Waals surface area (Å²) in [6.45, 7) is 6.92. The van der Waals surface area contributed by atoms with Crippen molar-refractivity contribution >= 4 is 17.5 Å². The van der Waals surface area contributed by atoms with Crippen LogP contribution < -0.4 is 14.5 Å². The van der Waals surface area contributed by atoms with Crippen LogP contribution in [0.25, 0.3) is 0 Å². The Bertz CT molecular complexity index is 810. The number of carbonyl (C=O) groups is 1. The maximum atomic E-state index is 12.7. The molecule has 1 amide bonds. The molecule has 29 heavy (non-hydrogen) atoms. The predicted molar refractivity (Wildman–Crippen MR) is 113 cm³/mol. The quantitative estimate of drug-likeness (QED) is 0.769. The van der Waals surface area contributed by atoms with Gasteiger partial charge in [-0.3, -0.25) is 4.79 Å². The molecule has 0 bridgehead atoms. The van der Waals surface area contributed by atoms with E-state index in [9.17, 15) is 4.79 Å². The molecule has 1 aromatic carbocycles.